The fraction of sp³-hybridized carbons (Fsp3) is 0.529. The van der Waals surface area contributed by atoms with Gasteiger partial charge in [0.2, 0.25) is 5.91 Å². The van der Waals surface area contributed by atoms with Gasteiger partial charge in [-0.05, 0) is 37.8 Å². The van der Waals surface area contributed by atoms with Crippen LogP contribution in [-0.4, -0.2) is 31.5 Å². The summed E-state index contributed by atoms with van der Waals surface area (Å²) in [4.78, 5) is 15.9. The number of rotatable bonds is 7. The zero-order valence-electron chi connectivity index (χ0n) is 13.7. The van der Waals surface area contributed by atoms with Crippen molar-refractivity contribution in [2.45, 2.75) is 44.7 Å². The number of nitrogens with zero attached hydrogens (tertiary/aromatic N) is 1. The maximum atomic E-state index is 11.6. The third-order valence-corrected chi connectivity index (χ3v) is 4.49. The van der Waals surface area contributed by atoms with E-state index in [1.165, 1.54) is 5.56 Å². The minimum absolute atomic E-state index is 0.134. The molecule has 2 rings (SSSR count). The van der Waals surface area contributed by atoms with Crippen molar-refractivity contribution in [3.05, 3.63) is 34.3 Å². The van der Waals surface area contributed by atoms with E-state index in [9.17, 15) is 4.79 Å². The predicted octanol–water partition coefficient (Wildman–Crippen LogP) is 2.73. The van der Waals surface area contributed by atoms with E-state index in [0.717, 1.165) is 36.2 Å². The van der Waals surface area contributed by atoms with Gasteiger partial charge in [0.25, 0.3) is 0 Å². The highest BCUT2D eigenvalue weighted by Crippen LogP contribution is 2.22. The Morgan fingerprint density at radius 1 is 1.39 bits per heavy atom. The van der Waals surface area contributed by atoms with Crippen LogP contribution in [0.3, 0.4) is 0 Å². The molecule has 1 aromatic rings. The SMILES string of the molecule is CN=C(NCCCC(=O)NC1CC1)NC(C)c1ccccc1Br. The van der Waals surface area contributed by atoms with Crippen LogP contribution in [0.25, 0.3) is 0 Å². The number of amides is 1. The molecular formula is C17H25BrN4O. The molecule has 6 heteroatoms. The summed E-state index contributed by atoms with van der Waals surface area (Å²) >= 11 is 3.57. The normalized spacial score (nSPS) is 15.9. The first-order chi connectivity index (χ1) is 11.1. The van der Waals surface area contributed by atoms with E-state index in [0.29, 0.717) is 12.5 Å². The number of carbonyl (C=O) groups excluding carboxylic acids is 1. The molecule has 1 amide bonds. The number of hydrogen-bond donors (Lipinski definition) is 3. The van der Waals surface area contributed by atoms with Gasteiger partial charge in [0.15, 0.2) is 5.96 Å². The molecule has 0 aliphatic heterocycles. The lowest BCUT2D eigenvalue weighted by atomic mass is 10.1. The quantitative estimate of drug-likeness (QED) is 0.387. The summed E-state index contributed by atoms with van der Waals surface area (Å²) in [7, 11) is 1.75. The van der Waals surface area contributed by atoms with E-state index in [2.05, 4.69) is 49.9 Å². The summed E-state index contributed by atoms with van der Waals surface area (Å²) in [5.41, 5.74) is 1.18. The van der Waals surface area contributed by atoms with Gasteiger partial charge < -0.3 is 16.0 Å². The molecule has 0 heterocycles. The van der Waals surface area contributed by atoms with Crippen LogP contribution in [0, 0.1) is 0 Å². The first-order valence-corrected chi connectivity index (χ1v) is 8.90. The second kappa shape index (κ2) is 8.91. The fourth-order valence-corrected chi connectivity index (χ4v) is 2.92. The summed E-state index contributed by atoms with van der Waals surface area (Å²) in [6.45, 7) is 2.82. The molecule has 0 spiro atoms. The van der Waals surface area contributed by atoms with Crippen molar-refractivity contribution in [2.24, 2.45) is 4.99 Å². The van der Waals surface area contributed by atoms with Crippen molar-refractivity contribution in [3.8, 4) is 0 Å². The van der Waals surface area contributed by atoms with E-state index in [1.807, 2.05) is 18.2 Å². The number of benzene rings is 1. The lowest BCUT2D eigenvalue weighted by Gasteiger charge is -2.19. The predicted molar refractivity (Wildman–Crippen MR) is 97.5 cm³/mol. The van der Waals surface area contributed by atoms with Gasteiger partial charge >= 0.3 is 0 Å². The molecule has 1 saturated carbocycles. The number of halogens is 1. The van der Waals surface area contributed by atoms with Crippen molar-refractivity contribution in [1.29, 1.82) is 0 Å². The Bertz CT molecular complexity index is 557. The van der Waals surface area contributed by atoms with Crippen molar-refractivity contribution in [1.82, 2.24) is 16.0 Å². The molecule has 1 fully saturated rings. The van der Waals surface area contributed by atoms with Crippen LogP contribution < -0.4 is 16.0 Å². The van der Waals surface area contributed by atoms with Crippen LogP contribution in [0.15, 0.2) is 33.7 Å². The van der Waals surface area contributed by atoms with E-state index >= 15 is 0 Å². The molecule has 0 saturated heterocycles. The Balaban J connectivity index is 1.70. The van der Waals surface area contributed by atoms with Gasteiger partial charge in [-0.2, -0.15) is 0 Å². The molecule has 0 aromatic heterocycles. The smallest absolute Gasteiger partial charge is 0.220 e. The Hall–Kier alpha value is -1.56. The number of carbonyl (C=O) groups is 1. The Labute approximate surface area is 146 Å². The van der Waals surface area contributed by atoms with Crippen LogP contribution >= 0.6 is 15.9 Å². The van der Waals surface area contributed by atoms with Crippen LogP contribution in [0.4, 0.5) is 0 Å². The molecule has 1 aromatic carbocycles. The number of aliphatic imine (C=N–C) groups is 1. The maximum Gasteiger partial charge on any atom is 0.220 e. The van der Waals surface area contributed by atoms with Gasteiger partial charge in [0, 0.05) is 30.5 Å². The highest BCUT2D eigenvalue weighted by atomic mass is 79.9. The average Bonchev–Trinajstić information content (AvgIpc) is 3.34. The fourth-order valence-electron chi connectivity index (χ4n) is 2.29. The molecule has 0 bridgehead atoms. The first-order valence-electron chi connectivity index (χ1n) is 8.11. The Morgan fingerprint density at radius 2 is 2.13 bits per heavy atom. The largest absolute Gasteiger partial charge is 0.356 e. The maximum absolute atomic E-state index is 11.6. The van der Waals surface area contributed by atoms with E-state index in [1.54, 1.807) is 7.05 Å². The first kappa shape index (κ1) is 17.8. The molecule has 1 unspecified atom stereocenters. The van der Waals surface area contributed by atoms with E-state index < -0.39 is 0 Å². The van der Waals surface area contributed by atoms with Crippen molar-refractivity contribution >= 4 is 27.8 Å². The summed E-state index contributed by atoms with van der Waals surface area (Å²) < 4.78 is 1.08. The monoisotopic (exact) mass is 380 g/mol. The zero-order valence-corrected chi connectivity index (χ0v) is 15.3. The number of nitrogens with one attached hydrogen (secondary N) is 3. The molecule has 0 radical (unpaired) electrons. The number of hydrogen-bond acceptors (Lipinski definition) is 2. The molecule has 1 aliphatic rings. The molecular weight excluding hydrogens is 356 g/mol. The summed E-state index contributed by atoms with van der Waals surface area (Å²) in [5.74, 6) is 0.898. The topological polar surface area (TPSA) is 65.5 Å². The second-order valence-corrected chi connectivity index (χ2v) is 6.69. The minimum atomic E-state index is 0.134. The van der Waals surface area contributed by atoms with Gasteiger partial charge in [-0.15, -0.1) is 0 Å². The lowest BCUT2D eigenvalue weighted by molar-refractivity contribution is -0.121. The molecule has 5 nitrogen and oxygen atoms in total. The minimum Gasteiger partial charge on any atom is -0.356 e. The Kier molecular flexibility index (Phi) is 6.89. The summed E-state index contributed by atoms with van der Waals surface area (Å²) in [5, 5.41) is 9.62. The number of guanidine groups is 1. The standard InChI is InChI=1S/C17H25BrN4O/c1-12(14-6-3-4-7-15(14)18)21-17(19-2)20-11-5-8-16(23)22-13-9-10-13/h3-4,6-7,12-13H,5,8-11H2,1-2H3,(H,22,23)(H2,19,20,21). The van der Waals surface area contributed by atoms with Crippen molar-refractivity contribution in [2.75, 3.05) is 13.6 Å². The van der Waals surface area contributed by atoms with Gasteiger partial charge in [0.1, 0.15) is 0 Å². The molecule has 3 N–H and O–H groups in total. The lowest BCUT2D eigenvalue weighted by Crippen LogP contribution is -2.39. The van der Waals surface area contributed by atoms with Gasteiger partial charge in [-0.3, -0.25) is 9.79 Å². The Morgan fingerprint density at radius 3 is 2.78 bits per heavy atom. The average molecular weight is 381 g/mol. The second-order valence-electron chi connectivity index (χ2n) is 5.83. The molecule has 1 aliphatic carbocycles. The van der Waals surface area contributed by atoms with E-state index in [-0.39, 0.29) is 11.9 Å². The van der Waals surface area contributed by atoms with Crippen LogP contribution in [0.5, 0.6) is 0 Å². The van der Waals surface area contributed by atoms with Crippen molar-refractivity contribution in [3.63, 3.8) is 0 Å². The van der Waals surface area contributed by atoms with Crippen LogP contribution in [-0.2, 0) is 4.79 Å². The van der Waals surface area contributed by atoms with Crippen LogP contribution in [0.1, 0.15) is 44.2 Å². The third-order valence-electron chi connectivity index (χ3n) is 3.76. The van der Waals surface area contributed by atoms with Crippen molar-refractivity contribution < 1.29 is 4.79 Å². The summed E-state index contributed by atoms with van der Waals surface area (Å²) in [6, 6.07) is 8.71. The zero-order chi connectivity index (χ0) is 16.7. The van der Waals surface area contributed by atoms with Gasteiger partial charge in [-0.1, -0.05) is 34.1 Å². The highest BCUT2D eigenvalue weighted by molar-refractivity contribution is 9.10. The molecule has 23 heavy (non-hydrogen) atoms. The summed E-state index contributed by atoms with van der Waals surface area (Å²) in [6.07, 6.45) is 3.61. The van der Waals surface area contributed by atoms with Gasteiger partial charge in [0.05, 0.1) is 6.04 Å². The van der Waals surface area contributed by atoms with Crippen LogP contribution in [0.2, 0.25) is 0 Å². The molecule has 1 atom stereocenters. The highest BCUT2D eigenvalue weighted by Gasteiger charge is 2.22. The molecule has 126 valence electrons. The van der Waals surface area contributed by atoms with E-state index in [4.69, 9.17) is 0 Å². The van der Waals surface area contributed by atoms with Gasteiger partial charge in [-0.25, -0.2) is 0 Å². The third kappa shape index (κ3) is 6.22.